The minimum Gasteiger partial charge on any atom is -0.464 e. The van der Waals surface area contributed by atoms with Gasteiger partial charge in [0.15, 0.2) is 0 Å². The Kier molecular flexibility index (Phi) is 3.53. The third-order valence-corrected chi connectivity index (χ3v) is 3.49. The Balaban J connectivity index is 1.97. The predicted molar refractivity (Wildman–Crippen MR) is 60.1 cm³/mol. The molecule has 2 atom stereocenters. The van der Waals surface area contributed by atoms with Gasteiger partial charge in [0, 0.05) is 6.04 Å². The molecule has 0 amide bonds. The van der Waals surface area contributed by atoms with Gasteiger partial charge in [-0.05, 0) is 26.2 Å². The number of ether oxygens (including phenoxy) is 1. The number of aromatic nitrogens is 2. The molecule has 1 heterocycles. The van der Waals surface area contributed by atoms with E-state index in [1.54, 1.807) is 0 Å². The summed E-state index contributed by atoms with van der Waals surface area (Å²) in [7, 11) is 0. The van der Waals surface area contributed by atoms with Crippen LogP contribution >= 0.6 is 11.3 Å². The Morgan fingerprint density at radius 2 is 2.07 bits per heavy atom. The molecule has 0 aliphatic heterocycles. The largest absolute Gasteiger partial charge is 0.464 e. The number of hydrogen-bond donors (Lipinski definition) is 1. The average Bonchev–Trinajstić information content (AvgIpc) is 2.50. The fourth-order valence-electron chi connectivity index (χ4n) is 1.90. The second-order valence-electron chi connectivity index (χ2n) is 4.05. The summed E-state index contributed by atoms with van der Waals surface area (Å²) in [6.07, 6.45) is 5.91. The van der Waals surface area contributed by atoms with Crippen LogP contribution in [-0.4, -0.2) is 22.3 Å². The highest BCUT2D eigenvalue weighted by Crippen LogP contribution is 2.24. The molecular weight excluding hydrogens is 210 g/mol. The molecule has 1 aromatic rings. The minimum absolute atomic E-state index is 0.125. The molecule has 0 spiro atoms. The maximum Gasteiger partial charge on any atom is 0.294 e. The highest BCUT2D eigenvalue weighted by atomic mass is 32.1. The van der Waals surface area contributed by atoms with Gasteiger partial charge < -0.3 is 10.5 Å². The van der Waals surface area contributed by atoms with Crippen molar-refractivity contribution in [3.63, 3.8) is 0 Å². The Morgan fingerprint density at radius 1 is 1.27 bits per heavy atom. The number of hydrogen-bond acceptors (Lipinski definition) is 5. The van der Waals surface area contributed by atoms with Gasteiger partial charge in [-0.25, -0.2) is 0 Å². The molecule has 1 aliphatic carbocycles. The summed E-state index contributed by atoms with van der Waals surface area (Å²) in [6, 6.07) is 0.150. The Labute approximate surface area is 93.8 Å². The summed E-state index contributed by atoms with van der Waals surface area (Å²) in [4.78, 5) is 0. The normalized spacial score (nSPS) is 27.3. The molecule has 1 fully saturated rings. The molecule has 2 N–H and O–H groups in total. The van der Waals surface area contributed by atoms with Crippen LogP contribution in [0, 0.1) is 6.92 Å². The van der Waals surface area contributed by atoms with Crippen LogP contribution in [-0.2, 0) is 0 Å². The molecular formula is C10H17N3OS. The maximum absolute atomic E-state index is 6.07. The van der Waals surface area contributed by atoms with Crippen LogP contribution in [0.5, 0.6) is 5.19 Å². The van der Waals surface area contributed by atoms with Crippen molar-refractivity contribution < 1.29 is 4.74 Å². The first kappa shape index (κ1) is 10.8. The van der Waals surface area contributed by atoms with Crippen LogP contribution in [0.2, 0.25) is 0 Å². The smallest absolute Gasteiger partial charge is 0.294 e. The Hall–Kier alpha value is -0.680. The van der Waals surface area contributed by atoms with Crippen molar-refractivity contribution in [2.45, 2.75) is 51.2 Å². The van der Waals surface area contributed by atoms with Gasteiger partial charge in [-0.3, -0.25) is 0 Å². The van der Waals surface area contributed by atoms with Crippen LogP contribution < -0.4 is 10.5 Å². The van der Waals surface area contributed by atoms with E-state index in [0.29, 0.717) is 5.19 Å². The van der Waals surface area contributed by atoms with E-state index in [1.165, 1.54) is 30.6 Å². The summed E-state index contributed by atoms with van der Waals surface area (Å²) in [5.41, 5.74) is 6.07. The number of nitrogens with two attached hydrogens (primary N) is 1. The molecule has 1 saturated carbocycles. The standard InChI is InChI=1S/C10H17N3OS/c1-7-12-13-10(15-7)14-9-6-4-2-3-5-8(9)11/h8-9H,2-6,11H2,1H3. The molecule has 15 heavy (non-hydrogen) atoms. The van der Waals surface area contributed by atoms with Gasteiger partial charge in [0.05, 0.1) is 0 Å². The molecule has 0 aromatic carbocycles. The lowest BCUT2D eigenvalue weighted by atomic mass is 10.1. The van der Waals surface area contributed by atoms with Crippen LogP contribution in [0.4, 0.5) is 0 Å². The van der Waals surface area contributed by atoms with Gasteiger partial charge >= 0.3 is 0 Å². The Morgan fingerprint density at radius 3 is 2.80 bits per heavy atom. The zero-order valence-electron chi connectivity index (χ0n) is 8.98. The first-order chi connectivity index (χ1) is 7.25. The van der Waals surface area contributed by atoms with Gasteiger partial charge in [-0.2, -0.15) is 0 Å². The summed E-state index contributed by atoms with van der Waals surface area (Å²) >= 11 is 1.49. The van der Waals surface area contributed by atoms with Crippen molar-refractivity contribution in [3.8, 4) is 5.19 Å². The van der Waals surface area contributed by atoms with E-state index < -0.39 is 0 Å². The molecule has 4 nitrogen and oxygen atoms in total. The van der Waals surface area contributed by atoms with Crippen molar-refractivity contribution in [1.29, 1.82) is 0 Å². The summed E-state index contributed by atoms with van der Waals surface area (Å²) in [5.74, 6) is 0. The molecule has 84 valence electrons. The molecule has 1 aromatic heterocycles. The topological polar surface area (TPSA) is 61.0 Å². The van der Waals surface area contributed by atoms with Gasteiger partial charge in [0.2, 0.25) is 0 Å². The highest BCUT2D eigenvalue weighted by molar-refractivity contribution is 7.12. The van der Waals surface area contributed by atoms with E-state index in [9.17, 15) is 0 Å². The lowest BCUT2D eigenvalue weighted by molar-refractivity contribution is 0.161. The lowest BCUT2D eigenvalue weighted by Gasteiger charge is -2.20. The van der Waals surface area contributed by atoms with E-state index in [1.807, 2.05) is 6.92 Å². The van der Waals surface area contributed by atoms with Crippen molar-refractivity contribution in [1.82, 2.24) is 10.2 Å². The average molecular weight is 227 g/mol. The zero-order valence-corrected chi connectivity index (χ0v) is 9.80. The van der Waals surface area contributed by atoms with Crippen LogP contribution in [0.1, 0.15) is 37.1 Å². The Bertz CT molecular complexity index is 315. The summed E-state index contributed by atoms with van der Waals surface area (Å²) in [6.45, 7) is 1.93. The van der Waals surface area contributed by atoms with E-state index >= 15 is 0 Å². The molecule has 0 saturated heterocycles. The van der Waals surface area contributed by atoms with Gasteiger partial charge in [0.1, 0.15) is 11.1 Å². The second-order valence-corrected chi connectivity index (χ2v) is 5.19. The van der Waals surface area contributed by atoms with Crippen molar-refractivity contribution in [3.05, 3.63) is 5.01 Å². The van der Waals surface area contributed by atoms with Crippen molar-refractivity contribution in [2.75, 3.05) is 0 Å². The molecule has 1 aliphatic rings. The molecule has 0 bridgehead atoms. The monoisotopic (exact) mass is 227 g/mol. The number of rotatable bonds is 2. The van der Waals surface area contributed by atoms with E-state index in [0.717, 1.165) is 17.8 Å². The third-order valence-electron chi connectivity index (χ3n) is 2.76. The fraction of sp³-hybridized carbons (Fsp3) is 0.800. The maximum atomic E-state index is 6.07. The first-order valence-electron chi connectivity index (χ1n) is 5.48. The second kappa shape index (κ2) is 4.90. The quantitative estimate of drug-likeness (QED) is 0.784. The van der Waals surface area contributed by atoms with Crippen molar-refractivity contribution in [2.24, 2.45) is 5.73 Å². The fourth-order valence-corrected chi connectivity index (χ4v) is 2.49. The predicted octanol–water partition coefficient (Wildman–Crippen LogP) is 1.89. The minimum atomic E-state index is 0.125. The number of aryl methyl sites for hydroxylation is 1. The van der Waals surface area contributed by atoms with Gasteiger partial charge in [-0.15, -0.1) is 10.2 Å². The number of nitrogens with zero attached hydrogens (tertiary/aromatic N) is 2. The third kappa shape index (κ3) is 2.89. The van der Waals surface area contributed by atoms with E-state index in [-0.39, 0.29) is 12.1 Å². The molecule has 0 radical (unpaired) electrons. The van der Waals surface area contributed by atoms with Crippen molar-refractivity contribution >= 4 is 11.3 Å². The lowest BCUT2D eigenvalue weighted by Crippen LogP contribution is -2.37. The summed E-state index contributed by atoms with van der Waals surface area (Å²) < 4.78 is 5.79. The molecule has 2 rings (SSSR count). The molecule has 2 unspecified atom stereocenters. The summed E-state index contributed by atoms with van der Waals surface area (Å²) in [5, 5.41) is 9.50. The van der Waals surface area contributed by atoms with Gasteiger partial charge in [-0.1, -0.05) is 24.2 Å². The zero-order chi connectivity index (χ0) is 10.7. The van der Waals surface area contributed by atoms with Gasteiger partial charge in [0.25, 0.3) is 5.19 Å². The van der Waals surface area contributed by atoms with E-state index in [4.69, 9.17) is 10.5 Å². The SMILES string of the molecule is Cc1nnc(OC2CCCCCC2N)s1. The van der Waals surface area contributed by atoms with Crippen LogP contribution in [0.25, 0.3) is 0 Å². The highest BCUT2D eigenvalue weighted by Gasteiger charge is 2.23. The van der Waals surface area contributed by atoms with Crippen LogP contribution in [0.3, 0.4) is 0 Å². The first-order valence-corrected chi connectivity index (χ1v) is 6.29. The van der Waals surface area contributed by atoms with Crippen LogP contribution in [0.15, 0.2) is 0 Å². The van der Waals surface area contributed by atoms with E-state index in [2.05, 4.69) is 10.2 Å². The molecule has 5 heteroatoms.